The molecule has 1 rings (SSSR count). The summed E-state index contributed by atoms with van der Waals surface area (Å²) in [7, 11) is 0. The Kier molecular flexibility index (Phi) is 3.08. The van der Waals surface area contributed by atoms with Crippen LogP contribution in [0.5, 0.6) is 0 Å². The van der Waals surface area contributed by atoms with Crippen molar-refractivity contribution in [2.45, 2.75) is 5.32 Å². The van der Waals surface area contributed by atoms with Crippen LogP contribution in [0.25, 0.3) is 0 Å². The normalized spacial score (nSPS) is 9.45. The van der Waals surface area contributed by atoms with Gasteiger partial charge in [0.15, 0.2) is 0 Å². The van der Waals surface area contributed by atoms with E-state index in [1.165, 1.54) is 0 Å². The van der Waals surface area contributed by atoms with Crippen molar-refractivity contribution in [1.29, 1.82) is 0 Å². The third-order valence-corrected chi connectivity index (χ3v) is 2.93. The molecule has 1 aromatic heterocycles. The van der Waals surface area contributed by atoms with Gasteiger partial charge in [-0.25, -0.2) is 0 Å². The van der Waals surface area contributed by atoms with Crippen molar-refractivity contribution in [3.05, 3.63) is 24.4 Å². The topological polar surface area (TPSA) is 50.2 Å². The summed E-state index contributed by atoms with van der Waals surface area (Å²) in [5, 5.41) is 8.57. The van der Waals surface area contributed by atoms with Crippen molar-refractivity contribution in [1.82, 2.24) is 4.98 Å². The number of hydrogen-bond donors (Lipinski definition) is 1. The van der Waals surface area contributed by atoms with Gasteiger partial charge in [-0.05, 0) is 0 Å². The molecule has 1 heterocycles. The molecule has 58 valence electrons. The summed E-state index contributed by atoms with van der Waals surface area (Å²) in [6, 6.07) is 5.54. The minimum atomic E-state index is -0.754. The van der Waals surface area contributed by atoms with Crippen LogP contribution in [0.2, 0.25) is 5.32 Å². The van der Waals surface area contributed by atoms with E-state index >= 15 is 0 Å². The predicted octanol–water partition coefficient (Wildman–Crippen LogP) is -0.0860. The van der Waals surface area contributed by atoms with Gasteiger partial charge in [0.1, 0.15) is 0 Å². The van der Waals surface area contributed by atoms with E-state index in [2.05, 4.69) is 4.98 Å². The van der Waals surface area contributed by atoms with E-state index in [1.54, 1.807) is 6.20 Å². The summed E-state index contributed by atoms with van der Waals surface area (Å²) in [5.74, 6) is -0.754. The average Bonchev–Trinajstić information content (AvgIpc) is 2.03. The monoisotopic (exact) mass is 217 g/mol. The minimum absolute atomic E-state index is 0.0207. The number of carboxylic acid groups (broad SMARTS) is 1. The van der Waals surface area contributed by atoms with Crippen LogP contribution in [0, 0.1) is 0 Å². The van der Waals surface area contributed by atoms with E-state index in [4.69, 9.17) is 5.11 Å². The molecule has 0 saturated carbocycles. The van der Waals surface area contributed by atoms with Crippen LogP contribution in [0.1, 0.15) is 0 Å². The summed E-state index contributed by atoms with van der Waals surface area (Å²) >= 11 is -0.0207. The van der Waals surface area contributed by atoms with Gasteiger partial charge in [0.2, 0.25) is 0 Å². The molecular weight excluding hydrogens is 209 g/mol. The molecule has 0 unspecified atom stereocenters. The quantitative estimate of drug-likeness (QED) is 0.718. The van der Waals surface area contributed by atoms with Crippen LogP contribution in [0.15, 0.2) is 24.4 Å². The second-order valence-corrected chi connectivity index (χ2v) is 3.94. The number of aromatic nitrogens is 1. The van der Waals surface area contributed by atoms with Gasteiger partial charge in [-0.3, -0.25) is 0 Å². The number of carboxylic acids is 1. The van der Waals surface area contributed by atoms with Crippen LogP contribution in [-0.4, -0.2) is 31.0 Å². The Morgan fingerprint density at radius 2 is 2.45 bits per heavy atom. The third-order valence-electron chi connectivity index (χ3n) is 0.981. The SMILES string of the molecule is O=C(O)C[Se]c1ccccn1. The Morgan fingerprint density at radius 1 is 1.64 bits per heavy atom. The van der Waals surface area contributed by atoms with E-state index in [1.807, 2.05) is 18.2 Å². The number of aliphatic carboxylic acids is 1. The molecule has 0 bridgehead atoms. The van der Waals surface area contributed by atoms with E-state index in [9.17, 15) is 4.79 Å². The maximum absolute atomic E-state index is 10.2. The van der Waals surface area contributed by atoms with Gasteiger partial charge in [0.25, 0.3) is 0 Å². The number of nitrogens with zero attached hydrogens (tertiary/aromatic N) is 1. The molecular formula is C7H7NO2Se. The zero-order chi connectivity index (χ0) is 8.10. The summed E-state index contributed by atoms with van der Waals surface area (Å²) in [6.07, 6.45) is 1.68. The standard InChI is InChI=1S/C7H7NO2Se/c9-7(10)5-11-6-3-1-2-4-8-6/h1-4H,5H2,(H,9,10). The van der Waals surface area contributed by atoms with Crippen LogP contribution in [0.4, 0.5) is 0 Å². The molecule has 0 saturated heterocycles. The summed E-state index contributed by atoms with van der Waals surface area (Å²) in [5.41, 5.74) is 0. The molecule has 0 atom stereocenters. The number of hydrogen-bond acceptors (Lipinski definition) is 2. The Labute approximate surface area is 70.6 Å². The van der Waals surface area contributed by atoms with Crippen LogP contribution in [-0.2, 0) is 4.79 Å². The van der Waals surface area contributed by atoms with Crippen molar-refractivity contribution in [2.75, 3.05) is 0 Å². The molecule has 0 aliphatic carbocycles. The second kappa shape index (κ2) is 4.11. The molecule has 4 heteroatoms. The van der Waals surface area contributed by atoms with E-state index in [-0.39, 0.29) is 20.3 Å². The molecule has 3 nitrogen and oxygen atoms in total. The number of pyridine rings is 1. The fourth-order valence-electron chi connectivity index (χ4n) is 0.568. The fourth-order valence-corrected chi connectivity index (χ4v) is 1.79. The molecule has 0 aliphatic heterocycles. The molecule has 0 spiro atoms. The van der Waals surface area contributed by atoms with Crippen LogP contribution >= 0.6 is 0 Å². The molecule has 0 amide bonds. The average molecular weight is 216 g/mol. The van der Waals surface area contributed by atoms with E-state index in [0.29, 0.717) is 0 Å². The van der Waals surface area contributed by atoms with Gasteiger partial charge < -0.3 is 0 Å². The molecule has 1 aromatic rings. The summed E-state index contributed by atoms with van der Waals surface area (Å²) in [4.78, 5) is 14.2. The number of rotatable bonds is 3. The zero-order valence-corrected chi connectivity index (χ0v) is 7.44. The molecule has 0 aliphatic rings. The Balaban J connectivity index is 2.45. The predicted molar refractivity (Wildman–Crippen MR) is 42.1 cm³/mol. The maximum atomic E-state index is 10.2. The molecule has 0 radical (unpaired) electrons. The first-order chi connectivity index (χ1) is 5.29. The molecule has 0 aromatic carbocycles. The first-order valence-electron chi connectivity index (χ1n) is 3.04. The van der Waals surface area contributed by atoms with Crippen molar-refractivity contribution >= 4 is 25.5 Å². The first kappa shape index (κ1) is 8.24. The van der Waals surface area contributed by atoms with Crippen LogP contribution in [0.3, 0.4) is 0 Å². The van der Waals surface area contributed by atoms with Crippen LogP contribution < -0.4 is 4.59 Å². The van der Waals surface area contributed by atoms with Gasteiger partial charge in [-0.2, -0.15) is 0 Å². The van der Waals surface area contributed by atoms with Crippen molar-refractivity contribution in [2.24, 2.45) is 0 Å². The second-order valence-electron chi connectivity index (χ2n) is 1.85. The summed E-state index contributed by atoms with van der Waals surface area (Å²) in [6.45, 7) is 0. The first-order valence-corrected chi connectivity index (χ1v) is 5.11. The zero-order valence-electron chi connectivity index (χ0n) is 5.73. The van der Waals surface area contributed by atoms with Gasteiger partial charge in [0, 0.05) is 0 Å². The Morgan fingerprint density at radius 3 is 3.00 bits per heavy atom. The molecule has 1 N–H and O–H groups in total. The molecule has 0 fully saturated rings. The van der Waals surface area contributed by atoms with E-state index < -0.39 is 5.97 Å². The number of carbonyl (C=O) groups is 1. The third kappa shape index (κ3) is 3.16. The Hall–Kier alpha value is -0.861. The molecule has 11 heavy (non-hydrogen) atoms. The van der Waals surface area contributed by atoms with Gasteiger partial charge in [-0.15, -0.1) is 0 Å². The van der Waals surface area contributed by atoms with Gasteiger partial charge in [-0.1, -0.05) is 0 Å². The Bertz CT molecular complexity index is 237. The van der Waals surface area contributed by atoms with E-state index in [0.717, 1.165) is 4.59 Å². The fraction of sp³-hybridized carbons (Fsp3) is 0.143. The van der Waals surface area contributed by atoms with Crippen molar-refractivity contribution < 1.29 is 9.90 Å². The van der Waals surface area contributed by atoms with Gasteiger partial charge >= 0.3 is 70.1 Å². The van der Waals surface area contributed by atoms with Crippen molar-refractivity contribution in [3.8, 4) is 0 Å². The van der Waals surface area contributed by atoms with Crippen molar-refractivity contribution in [3.63, 3.8) is 0 Å². The van der Waals surface area contributed by atoms with Gasteiger partial charge in [0.05, 0.1) is 0 Å². The summed E-state index contributed by atoms with van der Waals surface area (Å²) < 4.78 is 0.891.